The highest BCUT2D eigenvalue weighted by Gasteiger charge is 2.29. The second-order valence-electron chi connectivity index (χ2n) is 7.69. The van der Waals surface area contributed by atoms with E-state index in [0.717, 1.165) is 49.7 Å². The molecule has 1 N–H and O–H groups in total. The molecule has 1 aliphatic carbocycles. The van der Waals surface area contributed by atoms with Gasteiger partial charge in [0.05, 0.1) is 11.7 Å². The van der Waals surface area contributed by atoms with E-state index in [-0.39, 0.29) is 11.9 Å². The summed E-state index contributed by atoms with van der Waals surface area (Å²) < 4.78 is 7.47. The number of hydrogen-bond donors (Lipinski definition) is 1. The Morgan fingerprint density at radius 3 is 2.89 bits per heavy atom. The molecule has 1 aliphatic heterocycles. The van der Waals surface area contributed by atoms with Gasteiger partial charge in [-0.25, -0.2) is 0 Å². The molecule has 2 fully saturated rings. The first-order chi connectivity index (χ1) is 13.3. The third-order valence-corrected chi connectivity index (χ3v) is 6.88. The maximum Gasteiger partial charge on any atom is 0.244 e. The van der Waals surface area contributed by atoms with Gasteiger partial charge in [-0.3, -0.25) is 9.48 Å². The second-order valence-corrected chi connectivity index (χ2v) is 9.04. The van der Waals surface area contributed by atoms with Crippen molar-refractivity contribution in [1.82, 2.24) is 15.1 Å². The largest absolute Gasteiger partial charge is 0.381 e. The van der Waals surface area contributed by atoms with Crippen LogP contribution in [0.2, 0.25) is 0 Å². The number of amides is 1. The van der Waals surface area contributed by atoms with Crippen LogP contribution in [0.3, 0.4) is 0 Å². The number of hydrogen-bond acceptors (Lipinski definition) is 4. The molecule has 0 radical (unpaired) electrons. The Morgan fingerprint density at radius 2 is 2.15 bits per heavy atom. The van der Waals surface area contributed by atoms with Crippen LogP contribution in [0.25, 0.3) is 10.9 Å². The van der Waals surface area contributed by atoms with Crippen molar-refractivity contribution in [2.45, 2.75) is 61.6 Å². The average Bonchev–Trinajstić information content (AvgIpc) is 3.41. The topological polar surface area (TPSA) is 56.1 Å². The molecule has 1 aromatic carbocycles. The van der Waals surface area contributed by atoms with Gasteiger partial charge in [-0.1, -0.05) is 13.0 Å². The minimum Gasteiger partial charge on any atom is -0.381 e. The molecule has 1 aromatic heterocycles. The van der Waals surface area contributed by atoms with Crippen LogP contribution in [-0.2, 0) is 9.53 Å². The standard InChI is InChI=1S/C21H29N3O2S/c1-2-10-22-21(25)19(13-15-8-11-26-12-9-15)24-18-4-3-5-20(17(18)14-23-24)27-16-6-7-16/h3-5,14-16,19H,2,6-13H2,1H3,(H,22,25). The van der Waals surface area contributed by atoms with Gasteiger partial charge in [-0.15, -0.1) is 11.8 Å². The molecule has 2 heterocycles. The van der Waals surface area contributed by atoms with Gasteiger partial charge < -0.3 is 10.1 Å². The lowest BCUT2D eigenvalue weighted by atomic mass is 9.92. The van der Waals surface area contributed by atoms with Gasteiger partial charge in [0.15, 0.2) is 0 Å². The van der Waals surface area contributed by atoms with E-state index in [1.165, 1.54) is 23.1 Å². The molecule has 1 atom stereocenters. The lowest BCUT2D eigenvalue weighted by molar-refractivity contribution is -0.125. The van der Waals surface area contributed by atoms with E-state index < -0.39 is 0 Å². The summed E-state index contributed by atoms with van der Waals surface area (Å²) in [6, 6.07) is 6.13. The normalized spacial score (nSPS) is 19.3. The van der Waals surface area contributed by atoms with E-state index >= 15 is 0 Å². The summed E-state index contributed by atoms with van der Waals surface area (Å²) in [4.78, 5) is 14.3. The molecule has 146 valence electrons. The molecule has 1 saturated carbocycles. The highest BCUT2D eigenvalue weighted by atomic mass is 32.2. The van der Waals surface area contributed by atoms with Crippen LogP contribution in [0.4, 0.5) is 0 Å². The molecule has 0 bridgehead atoms. The van der Waals surface area contributed by atoms with Crippen molar-refractivity contribution < 1.29 is 9.53 Å². The fraction of sp³-hybridized carbons (Fsp3) is 0.619. The molecule has 1 saturated heterocycles. The zero-order valence-corrected chi connectivity index (χ0v) is 16.8. The molecule has 6 heteroatoms. The van der Waals surface area contributed by atoms with E-state index in [2.05, 4.69) is 35.5 Å². The number of fused-ring (bicyclic) bond motifs is 1. The predicted molar refractivity (Wildman–Crippen MR) is 109 cm³/mol. The number of nitrogens with zero attached hydrogens (tertiary/aromatic N) is 2. The molecule has 0 spiro atoms. The minimum absolute atomic E-state index is 0.0913. The fourth-order valence-electron chi connectivity index (χ4n) is 3.74. The van der Waals surface area contributed by atoms with E-state index in [0.29, 0.717) is 12.5 Å². The Kier molecular flexibility index (Phi) is 6.03. The summed E-state index contributed by atoms with van der Waals surface area (Å²) in [6.45, 7) is 4.40. The molecule has 2 aliphatic rings. The van der Waals surface area contributed by atoms with E-state index in [1.54, 1.807) is 0 Å². The number of benzene rings is 1. The number of nitrogens with one attached hydrogen (secondary N) is 1. The van der Waals surface area contributed by atoms with Crippen LogP contribution in [0.5, 0.6) is 0 Å². The molecule has 27 heavy (non-hydrogen) atoms. The predicted octanol–water partition coefficient (Wildman–Crippen LogP) is 4.17. The fourth-order valence-corrected chi connectivity index (χ4v) is 4.91. The smallest absolute Gasteiger partial charge is 0.244 e. The first-order valence-electron chi connectivity index (χ1n) is 10.2. The van der Waals surface area contributed by atoms with Gasteiger partial charge >= 0.3 is 0 Å². The van der Waals surface area contributed by atoms with Crippen molar-refractivity contribution in [2.75, 3.05) is 19.8 Å². The number of aromatic nitrogens is 2. The molecular formula is C21H29N3O2S. The molecule has 1 unspecified atom stereocenters. The van der Waals surface area contributed by atoms with Gasteiger partial charge in [-0.05, 0) is 56.6 Å². The van der Waals surface area contributed by atoms with E-state index in [9.17, 15) is 4.79 Å². The highest BCUT2D eigenvalue weighted by Crippen LogP contribution is 2.42. The van der Waals surface area contributed by atoms with Gasteiger partial charge in [0, 0.05) is 35.3 Å². The zero-order valence-electron chi connectivity index (χ0n) is 16.0. The van der Waals surface area contributed by atoms with Crippen LogP contribution in [0, 0.1) is 5.92 Å². The second kappa shape index (κ2) is 8.65. The van der Waals surface area contributed by atoms with Crippen molar-refractivity contribution in [1.29, 1.82) is 0 Å². The number of carbonyl (C=O) groups is 1. The molecule has 2 aromatic rings. The highest BCUT2D eigenvalue weighted by molar-refractivity contribution is 8.00. The molecule has 4 rings (SSSR count). The Labute approximate surface area is 165 Å². The summed E-state index contributed by atoms with van der Waals surface area (Å²) in [6.07, 6.45) is 8.39. The van der Waals surface area contributed by atoms with Crippen molar-refractivity contribution >= 4 is 28.6 Å². The maximum absolute atomic E-state index is 13.0. The maximum atomic E-state index is 13.0. The molecule has 5 nitrogen and oxygen atoms in total. The summed E-state index contributed by atoms with van der Waals surface area (Å²) in [7, 11) is 0. The summed E-state index contributed by atoms with van der Waals surface area (Å²) in [5.74, 6) is 0.605. The number of carbonyl (C=O) groups excluding carboxylic acids is 1. The Balaban J connectivity index is 1.62. The monoisotopic (exact) mass is 387 g/mol. The number of ether oxygens (including phenoxy) is 1. The summed E-state index contributed by atoms with van der Waals surface area (Å²) in [5, 5.41) is 9.72. The van der Waals surface area contributed by atoms with Crippen molar-refractivity contribution in [3.05, 3.63) is 24.4 Å². The average molecular weight is 388 g/mol. The van der Waals surface area contributed by atoms with Crippen LogP contribution in [0.15, 0.2) is 29.3 Å². The molecule has 1 amide bonds. The van der Waals surface area contributed by atoms with Crippen molar-refractivity contribution in [2.24, 2.45) is 5.92 Å². The summed E-state index contributed by atoms with van der Waals surface area (Å²) in [5.41, 5.74) is 1.07. The van der Waals surface area contributed by atoms with E-state index in [1.807, 2.05) is 22.6 Å². The third kappa shape index (κ3) is 4.49. The lowest BCUT2D eigenvalue weighted by Gasteiger charge is -2.26. The van der Waals surface area contributed by atoms with Crippen molar-refractivity contribution in [3.63, 3.8) is 0 Å². The number of rotatable bonds is 8. The van der Waals surface area contributed by atoms with Gasteiger partial charge in [0.1, 0.15) is 6.04 Å². The van der Waals surface area contributed by atoms with E-state index in [4.69, 9.17) is 4.74 Å². The first kappa shape index (κ1) is 18.8. The molecular weight excluding hydrogens is 358 g/mol. The Bertz CT molecular complexity index is 781. The quantitative estimate of drug-likeness (QED) is 0.738. The minimum atomic E-state index is -0.252. The third-order valence-electron chi connectivity index (χ3n) is 5.46. The van der Waals surface area contributed by atoms with Crippen molar-refractivity contribution in [3.8, 4) is 0 Å². The van der Waals surface area contributed by atoms with Gasteiger partial charge in [0.2, 0.25) is 5.91 Å². The zero-order chi connectivity index (χ0) is 18.6. The number of thioether (sulfide) groups is 1. The Morgan fingerprint density at radius 1 is 1.33 bits per heavy atom. The lowest BCUT2D eigenvalue weighted by Crippen LogP contribution is -2.35. The van der Waals surface area contributed by atoms with Gasteiger partial charge in [-0.2, -0.15) is 5.10 Å². The van der Waals surface area contributed by atoms with Crippen LogP contribution >= 0.6 is 11.8 Å². The summed E-state index contributed by atoms with van der Waals surface area (Å²) >= 11 is 1.95. The van der Waals surface area contributed by atoms with Crippen LogP contribution < -0.4 is 5.32 Å². The van der Waals surface area contributed by atoms with Crippen LogP contribution in [0.1, 0.15) is 51.5 Å². The van der Waals surface area contributed by atoms with Crippen LogP contribution in [-0.4, -0.2) is 40.7 Å². The first-order valence-corrected chi connectivity index (χ1v) is 11.1. The van der Waals surface area contributed by atoms with Gasteiger partial charge in [0.25, 0.3) is 0 Å². The SMILES string of the molecule is CCCNC(=O)C(CC1CCOCC1)n1ncc2c(SC3CC3)cccc21. The Hall–Kier alpha value is -1.53.